The van der Waals surface area contributed by atoms with Crippen LogP contribution in [-0.4, -0.2) is 41.3 Å². The molecule has 1 atom stereocenters. The molecule has 2 heterocycles. The first-order chi connectivity index (χ1) is 13.9. The molecule has 1 aromatic carbocycles. The lowest BCUT2D eigenvalue weighted by atomic mass is 9.86. The van der Waals surface area contributed by atoms with Crippen molar-refractivity contribution in [2.75, 3.05) is 24.8 Å². The number of carbonyl (C=O) groups is 2. The van der Waals surface area contributed by atoms with Gasteiger partial charge in [-0.05, 0) is 17.7 Å². The van der Waals surface area contributed by atoms with Crippen LogP contribution in [-0.2, 0) is 9.59 Å². The van der Waals surface area contributed by atoms with Gasteiger partial charge in [0.15, 0.2) is 23.3 Å². The zero-order valence-electron chi connectivity index (χ0n) is 15.5. The van der Waals surface area contributed by atoms with Crippen LogP contribution in [0.1, 0.15) is 23.5 Å². The van der Waals surface area contributed by atoms with Crippen LogP contribution in [0, 0.1) is 12.3 Å². The molecular formula is C19H18N4O5S. The molecular weight excluding hydrogens is 396 g/mol. The predicted molar refractivity (Wildman–Crippen MR) is 107 cm³/mol. The summed E-state index contributed by atoms with van der Waals surface area (Å²) in [7, 11) is 1.45. The summed E-state index contributed by atoms with van der Waals surface area (Å²) in [6.45, 7) is -0.300. The Kier molecular flexibility index (Phi) is 6.09. The first-order valence-corrected chi connectivity index (χ1v) is 9.50. The number of nitrogens with zero attached hydrogens (tertiary/aromatic N) is 1. The quantitative estimate of drug-likeness (QED) is 0.347. The Balaban J connectivity index is 2.00. The molecule has 4 N–H and O–H groups in total. The van der Waals surface area contributed by atoms with E-state index in [4.69, 9.17) is 21.6 Å². The number of rotatable bonds is 7. The molecule has 3 rings (SSSR count). The van der Waals surface area contributed by atoms with Gasteiger partial charge in [0.25, 0.3) is 11.5 Å². The number of aromatic amines is 1. The molecule has 2 aromatic rings. The Bertz CT molecular complexity index is 1060. The Morgan fingerprint density at radius 2 is 2.21 bits per heavy atom. The summed E-state index contributed by atoms with van der Waals surface area (Å²) in [5, 5.41) is 2.98. The average Bonchev–Trinajstić information content (AvgIpc) is 2.69. The number of ether oxygens (including phenoxy) is 2. The van der Waals surface area contributed by atoms with Gasteiger partial charge in [0, 0.05) is 12.3 Å². The summed E-state index contributed by atoms with van der Waals surface area (Å²) in [6, 6.07) is 4.96. The number of nitrogens with one attached hydrogen (secondary N) is 2. The number of benzene rings is 1. The highest BCUT2D eigenvalue weighted by Crippen LogP contribution is 2.38. The summed E-state index contributed by atoms with van der Waals surface area (Å²) in [5.41, 5.74) is 5.76. The molecule has 0 fully saturated rings. The number of terminal acetylenes is 1. The number of anilines is 1. The molecule has 2 amide bonds. The number of methoxy groups -OCH3 is 1. The smallest absolute Gasteiger partial charge is 0.257 e. The largest absolute Gasteiger partial charge is 0.493 e. The van der Waals surface area contributed by atoms with Crippen LogP contribution in [0.5, 0.6) is 11.5 Å². The minimum atomic E-state index is -0.620. The average molecular weight is 414 g/mol. The third kappa shape index (κ3) is 4.52. The third-order valence-corrected chi connectivity index (χ3v) is 4.96. The zero-order chi connectivity index (χ0) is 21.0. The van der Waals surface area contributed by atoms with E-state index in [2.05, 4.69) is 21.2 Å². The lowest BCUT2D eigenvalue weighted by Gasteiger charge is -2.25. The van der Waals surface area contributed by atoms with Gasteiger partial charge in [0.1, 0.15) is 5.82 Å². The molecule has 0 aliphatic carbocycles. The first kappa shape index (κ1) is 20.3. The van der Waals surface area contributed by atoms with Crippen LogP contribution in [0.15, 0.2) is 28.2 Å². The highest BCUT2D eigenvalue weighted by Gasteiger charge is 2.31. The fourth-order valence-electron chi connectivity index (χ4n) is 2.98. The molecule has 0 bridgehead atoms. The number of fused-ring (bicyclic) bond motifs is 1. The van der Waals surface area contributed by atoms with Crippen molar-refractivity contribution in [3.05, 3.63) is 39.7 Å². The van der Waals surface area contributed by atoms with Crippen LogP contribution in [0.25, 0.3) is 0 Å². The maximum atomic E-state index is 12.7. The van der Waals surface area contributed by atoms with E-state index in [1.54, 1.807) is 18.2 Å². The number of aromatic nitrogens is 2. The fraction of sp³-hybridized carbons (Fsp3) is 0.263. The van der Waals surface area contributed by atoms with Gasteiger partial charge in [-0.1, -0.05) is 23.7 Å². The topological polar surface area (TPSA) is 136 Å². The van der Waals surface area contributed by atoms with Gasteiger partial charge in [-0.3, -0.25) is 14.4 Å². The number of nitrogens with two attached hydrogens (primary N) is 1. The van der Waals surface area contributed by atoms with Crippen molar-refractivity contribution in [2.24, 2.45) is 5.73 Å². The Hall–Kier alpha value is -3.45. The number of hydrogen-bond acceptors (Lipinski definition) is 7. The minimum absolute atomic E-state index is 0.0687. The van der Waals surface area contributed by atoms with Crippen LogP contribution in [0.3, 0.4) is 0 Å². The maximum absolute atomic E-state index is 12.7. The maximum Gasteiger partial charge on any atom is 0.257 e. The lowest BCUT2D eigenvalue weighted by molar-refractivity contribution is -0.120. The van der Waals surface area contributed by atoms with Crippen molar-refractivity contribution in [1.29, 1.82) is 0 Å². The second kappa shape index (κ2) is 8.70. The van der Waals surface area contributed by atoms with Gasteiger partial charge >= 0.3 is 0 Å². The minimum Gasteiger partial charge on any atom is -0.493 e. The second-order valence-electron chi connectivity index (χ2n) is 6.10. The molecule has 0 radical (unpaired) electrons. The Morgan fingerprint density at radius 1 is 1.41 bits per heavy atom. The number of hydrogen-bond donors (Lipinski definition) is 3. The summed E-state index contributed by atoms with van der Waals surface area (Å²) in [5.74, 6) is 2.26. The highest BCUT2D eigenvalue weighted by atomic mass is 32.2. The molecule has 9 nitrogen and oxygen atoms in total. The molecule has 0 saturated carbocycles. The molecule has 150 valence electrons. The van der Waals surface area contributed by atoms with Crippen LogP contribution in [0.4, 0.5) is 5.82 Å². The molecule has 0 spiro atoms. The van der Waals surface area contributed by atoms with Gasteiger partial charge in [-0.2, -0.15) is 0 Å². The number of thioether (sulfide) groups is 1. The van der Waals surface area contributed by atoms with Crippen LogP contribution in [0.2, 0.25) is 0 Å². The van der Waals surface area contributed by atoms with Gasteiger partial charge in [-0.25, -0.2) is 4.98 Å². The Labute approximate surface area is 170 Å². The van der Waals surface area contributed by atoms with E-state index in [9.17, 15) is 14.4 Å². The number of carbonyl (C=O) groups excluding carboxylic acids is 2. The second-order valence-corrected chi connectivity index (χ2v) is 7.06. The molecule has 1 aromatic heterocycles. The van der Waals surface area contributed by atoms with Gasteiger partial charge in [0.2, 0.25) is 5.91 Å². The van der Waals surface area contributed by atoms with E-state index in [-0.39, 0.29) is 30.3 Å². The predicted octanol–water partition coefficient (Wildman–Crippen LogP) is 0.842. The van der Waals surface area contributed by atoms with Crippen molar-refractivity contribution >= 4 is 29.4 Å². The molecule has 1 aliphatic rings. The van der Waals surface area contributed by atoms with Gasteiger partial charge in [0.05, 0.1) is 18.4 Å². The summed E-state index contributed by atoms with van der Waals surface area (Å²) < 4.78 is 10.6. The highest BCUT2D eigenvalue weighted by molar-refractivity contribution is 7.99. The van der Waals surface area contributed by atoms with E-state index in [1.165, 1.54) is 18.9 Å². The van der Waals surface area contributed by atoms with Gasteiger partial charge < -0.3 is 25.5 Å². The standard InChI is InChI=1S/C19H18N4O5S/c1-3-6-29-19-22-17-16(18(26)23-19)11(8-15(25)21-17)10-4-5-12(13(7-10)27-2)28-9-14(20)24/h1,4-5,7,11H,6,8-9H2,2H3,(H2,20,24)(H2,21,22,23,25,26)/t11-/m1/s1. The van der Waals surface area contributed by atoms with Crippen LogP contribution >= 0.6 is 11.8 Å². The summed E-state index contributed by atoms with van der Waals surface area (Å²) >= 11 is 1.19. The molecule has 10 heteroatoms. The molecule has 0 unspecified atom stereocenters. The van der Waals surface area contributed by atoms with E-state index >= 15 is 0 Å². The van der Waals surface area contributed by atoms with Gasteiger partial charge in [-0.15, -0.1) is 6.42 Å². The van der Waals surface area contributed by atoms with Crippen molar-refractivity contribution in [3.8, 4) is 23.8 Å². The lowest BCUT2D eigenvalue weighted by Crippen LogP contribution is -2.31. The summed E-state index contributed by atoms with van der Waals surface area (Å²) in [4.78, 5) is 42.9. The molecule has 29 heavy (non-hydrogen) atoms. The molecule has 0 saturated heterocycles. The number of H-pyrrole nitrogens is 1. The van der Waals surface area contributed by atoms with E-state index in [0.29, 0.717) is 33.5 Å². The van der Waals surface area contributed by atoms with Crippen molar-refractivity contribution < 1.29 is 19.1 Å². The van der Waals surface area contributed by atoms with E-state index in [0.717, 1.165) is 0 Å². The fourth-order valence-corrected chi connectivity index (χ4v) is 3.52. The zero-order valence-corrected chi connectivity index (χ0v) is 16.3. The number of amides is 2. The van der Waals surface area contributed by atoms with Crippen molar-refractivity contribution in [3.63, 3.8) is 0 Å². The van der Waals surface area contributed by atoms with Crippen LogP contribution < -0.4 is 26.1 Å². The Morgan fingerprint density at radius 3 is 2.90 bits per heavy atom. The number of primary amides is 1. The van der Waals surface area contributed by atoms with Crippen molar-refractivity contribution in [2.45, 2.75) is 17.5 Å². The SMILES string of the molecule is C#CCSc1nc2c(c(=O)[nH]1)[C@@H](c1ccc(OCC(N)=O)c(OC)c1)CC(=O)N2. The van der Waals surface area contributed by atoms with E-state index in [1.807, 2.05) is 0 Å². The third-order valence-electron chi connectivity index (χ3n) is 4.18. The first-order valence-electron chi connectivity index (χ1n) is 8.52. The molecule has 1 aliphatic heterocycles. The van der Waals surface area contributed by atoms with Crippen molar-refractivity contribution in [1.82, 2.24) is 9.97 Å². The summed E-state index contributed by atoms with van der Waals surface area (Å²) in [6.07, 6.45) is 5.31. The van der Waals surface area contributed by atoms with E-state index < -0.39 is 11.8 Å². The normalized spacial score (nSPS) is 15.0. The monoisotopic (exact) mass is 414 g/mol.